The second-order valence-electron chi connectivity index (χ2n) is 6.21. The topological polar surface area (TPSA) is 82.2 Å². The smallest absolute Gasteiger partial charge is 0.323 e. The number of carbonyl (C=O) groups is 1. The SMILES string of the molecule is CSc1cccc(NC(=O)Nc2ccc(Nc3cc(N(C)C)cnn3)cc2)c1. The Balaban J connectivity index is 1.59. The van der Waals surface area contributed by atoms with Gasteiger partial charge in [0.15, 0.2) is 5.82 Å². The summed E-state index contributed by atoms with van der Waals surface area (Å²) in [4.78, 5) is 15.2. The van der Waals surface area contributed by atoms with Gasteiger partial charge in [0.2, 0.25) is 0 Å². The molecule has 8 heteroatoms. The van der Waals surface area contributed by atoms with Crippen LogP contribution >= 0.6 is 11.8 Å². The fourth-order valence-corrected chi connectivity index (χ4v) is 2.90. The van der Waals surface area contributed by atoms with Crippen LogP contribution in [-0.2, 0) is 0 Å². The molecule has 2 aromatic carbocycles. The first-order valence-electron chi connectivity index (χ1n) is 8.63. The van der Waals surface area contributed by atoms with Gasteiger partial charge in [0.1, 0.15) is 0 Å². The zero-order valence-corrected chi connectivity index (χ0v) is 16.7. The van der Waals surface area contributed by atoms with Gasteiger partial charge < -0.3 is 20.9 Å². The van der Waals surface area contributed by atoms with Crippen LogP contribution in [0.2, 0.25) is 0 Å². The number of thioether (sulfide) groups is 1. The first-order valence-corrected chi connectivity index (χ1v) is 9.85. The molecule has 2 amide bonds. The molecule has 0 aliphatic rings. The monoisotopic (exact) mass is 394 g/mol. The van der Waals surface area contributed by atoms with Crippen LogP contribution in [0.25, 0.3) is 0 Å². The highest BCUT2D eigenvalue weighted by atomic mass is 32.2. The molecule has 3 N–H and O–H groups in total. The van der Waals surface area contributed by atoms with Crippen molar-refractivity contribution in [3.8, 4) is 0 Å². The van der Waals surface area contributed by atoms with Gasteiger partial charge in [0, 0.05) is 42.1 Å². The second kappa shape index (κ2) is 9.09. The molecule has 0 unspecified atom stereocenters. The van der Waals surface area contributed by atoms with E-state index in [9.17, 15) is 4.79 Å². The van der Waals surface area contributed by atoms with Gasteiger partial charge in [0.25, 0.3) is 0 Å². The van der Waals surface area contributed by atoms with Crippen LogP contribution in [0, 0.1) is 0 Å². The maximum absolute atomic E-state index is 12.2. The molecule has 0 bridgehead atoms. The normalized spacial score (nSPS) is 10.2. The maximum atomic E-state index is 12.2. The second-order valence-corrected chi connectivity index (χ2v) is 7.09. The highest BCUT2D eigenvalue weighted by Crippen LogP contribution is 2.21. The first kappa shape index (κ1) is 19.5. The van der Waals surface area contributed by atoms with Crippen molar-refractivity contribution >= 4 is 46.4 Å². The fraction of sp³-hybridized carbons (Fsp3) is 0.150. The summed E-state index contributed by atoms with van der Waals surface area (Å²) in [5.41, 5.74) is 3.25. The Kier molecular flexibility index (Phi) is 6.33. The Labute approximate surface area is 168 Å². The number of urea groups is 1. The number of aromatic nitrogens is 2. The van der Waals surface area contributed by atoms with Crippen LogP contribution in [-0.4, -0.2) is 36.6 Å². The number of nitrogens with zero attached hydrogens (tertiary/aromatic N) is 3. The lowest BCUT2D eigenvalue weighted by Crippen LogP contribution is -2.19. The molecule has 28 heavy (non-hydrogen) atoms. The summed E-state index contributed by atoms with van der Waals surface area (Å²) in [6, 6.07) is 16.7. The molecule has 0 aliphatic heterocycles. The molecule has 144 valence electrons. The molecule has 0 radical (unpaired) electrons. The number of rotatable bonds is 6. The molecule has 0 spiro atoms. The van der Waals surface area contributed by atoms with E-state index < -0.39 is 0 Å². The predicted molar refractivity (Wildman–Crippen MR) is 117 cm³/mol. The van der Waals surface area contributed by atoms with Gasteiger partial charge >= 0.3 is 6.03 Å². The lowest BCUT2D eigenvalue weighted by Gasteiger charge is -2.13. The van der Waals surface area contributed by atoms with E-state index in [0.717, 1.165) is 22.0 Å². The molecule has 0 atom stereocenters. The molecule has 0 aliphatic carbocycles. The van der Waals surface area contributed by atoms with E-state index in [1.54, 1.807) is 18.0 Å². The molecule has 0 fully saturated rings. The third-order valence-electron chi connectivity index (χ3n) is 3.90. The van der Waals surface area contributed by atoms with Gasteiger partial charge in [-0.05, 0) is 48.7 Å². The molecule has 0 saturated carbocycles. The van der Waals surface area contributed by atoms with Crippen molar-refractivity contribution in [1.82, 2.24) is 10.2 Å². The van der Waals surface area contributed by atoms with Crippen LogP contribution in [0.4, 0.5) is 33.4 Å². The van der Waals surface area contributed by atoms with E-state index in [2.05, 4.69) is 26.1 Å². The van der Waals surface area contributed by atoms with Crippen LogP contribution in [0.3, 0.4) is 0 Å². The molecule has 1 heterocycles. The molecular weight excluding hydrogens is 372 g/mol. The maximum Gasteiger partial charge on any atom is 0.323 e. The van der Waals surface area contributed by atoms with E-state index in [1.807, 2.05) is 79.8 Å². The number of nitrogens with one attached hydrogen (secondary N) is 3. The van der Waals surface area contributed by atoms with Gasteiger partial charge in [-0.3, -0.25) is 0 Å². The van der Waals surface area contributed by atoms with Crippen LogP contribution < -0.4 is 20.9 Å². The highest BCUT2D eigenvalue weighted by Gasteiger charge is 2.05. The average molecular weight is 395 g/mol. The van der Waals surface area contributed by atoms with Crippen molar-refractivity contribution in [2.24, 2.45) is 0 Å². The van der Waals surface area contributed by atoms with Gasteiger partial charge in [-0.15, -0.1) is 16.9 Å². The molecule has 7 nitrogen and oxygen atoms in total. The molecule has 0 saturated heterocycles. The largest absolute Gasteiger partial charge is 0.376 e. The highest BCUT2D eigenvalue weighted by molar-refractivity contribution is 7.98. The Bertz CT molecular complexity index is 945. The van der Waals surface area contributed by atoms with Crippen molar-refractivity contribution < 1.29 is 4.79 Å². The minimum absolute atomic E-state index is 0.288. The van der Waals surface area contributed by atoms with Gasteiger partial charge in [-0.2, -0.15) is 5.10 Å². The summed E-state index contributed by atoms with van der Waals surface area (Å²) in [6.45, 7) is 0. The summed E-state index contributed by atoms with van der Waals surface area (Å²) < 4.78 is 0. The third-order valence-corrected chi connectivity index (χ3v) is 4.62. The van der Waals surface area contributed by atoms with E-state index >= 15 is 0 Å². The Hall–Kier alpha value is -3.26. The zero-order chi connectivity index (χ0) is 19.9. The molecule has 3 rings (SSSR count). The van der Waals surface area contributed by atoms with Crippen molar-refractivity contribution in [2.75, 3.05) is 41.2 Å². The van der Waals surface area contributed by atoms with Crippen molar-refractivity contribution in [2.45, 2.75) is 4.90 Å². The quantitative estimate of drug-likeness (QED) is 0.528. The van der Waals surface area contributed by atoms with Crippen molar-refractivity contribution in [1.29, 1.82) is 0 Å². The Morgan fingerprint density at radius 2 is 1.68 bits per heavy atom. The van der Waals surface area contributed by atoms with E-state index in [4.69, 9.17) is 0 Å². The standard InChI is InChI=1S/C20H22N6OS/c1-26(2)17-12-19(25-21-13-17)22-14-7-9-15(10-8-14)23-20(27)24-16-5-4-6-18(11-16)28-3/h4-13H,1-3H3,(H,22,25)(H2,23,24,27). The summed E-state index contributed by atoms with van der Waals surface area (Å²) in [7, 11) is 3.90. The molecular formula is C20H22N6OS. The van der Waals surface area contributed by atoms with Gasteiger partial charge in [-0.25, -0.2) is 4.79 Å². The van der Waals surface area contributed by atoms with Crippen LogP contribution in [0.1, 0.15) is 0 Å². The van der Waals surface area contributed by atoms with Crippen LogP contribution in [0.5, 0.6) is 0 Å². The number of benzene rings is 2. The van der Waals surface area contributed by atoms with Gasteiger partial charge in [0.05, 0.1) is 11.9 Å². The predicted octanol–water partition coefficient (Wildman–Crippen LogP) is 4.65. The van der Waals surface area contributed by atoms with E-state index in [-0.39, 0.29) is 6.03 Å². The number of amides is 2. The van der Waals surface area contributed by atoms with E-state index in [1.165, 1.54) is 0 Å². The number of hydrogen-bond acceptors (Lipinski definition) is 6. The summed E-state index contributed by atoms with van der Waals surface area (Å²) in [5.74, 6) is 0.651. The number of hydrogen-bond donors (Lipinski definition) is 3. The molecule has 1 aromatic heterocycles. The first-order chi connectivity index (χ1) is 13.5. The minimum atomic E-state index is -0.288. The summed E-state index contributed by atoms with van der Waals surface area (Å²) in [6.07, 6.45) is 3.70. The van der Waals surface area contributed by atoms with Crippen molar-refractivity contribution in [3.05, 3.63) is 60.8 Å². The summed E-state index contributed by atoms with van der Waals surface area (Å²) >= 11 is 1.63. The fourth-order valence-electron chi connectivity index (χ4n) is 2.44. The van der Waals surface area contributed by atoms with Gasteiger partial charge in [-0.1, -0.05) is 6.07 Å². The lowest BCUT2D eigenvalue weighted by molar-refractivity contribution is 0.262. The molecule has 3 aromatic rings. The zero-order valence-electron chi connectivity index (χ0n) is 15.9. The average Bonchev–Trinajstić information content (AvgIpc) is 2.70. The van der Waals surface area contributed by atoms with Crippen molar-refractivity contribution in [3.63, 3.8) is 0 Å². The lowest BCUT2D eigenvalue weighted by atomic mass is 10.2. The number of carbonyl (C=O) groups excluding carboxylic acids is 1. The van der Waals surface area contributed by atoms with Crippen LogP contribution in [0.15, 0.2) is 65.7 Å². The third kappa shape index (κ3) is 5.37. The Morgan fingerprint density at radius 1 is 0.964 bits per heavy atom. The van der Waals surface area contributed by atoms with E-state index in [0.29, 0.717) is 11.5 Å². The minimum Gasteiger partial charge on any atom is -0.376 e. The summed E-state index contributed by atoms with van der Waals surface area (Å²) in [5, 5.41) is 16.9. The number of anilines is 5. The Morgan fingerprint density at radius 3 is 2.39 bits per heavy atom.